The van der Waals surface area contributed by atoms with E-state index in [2.05, 4.69) is 25.6 Å². The topological polar surface area (TPSA) is 82.5 Å². The molecule has 0 aliphatic rings. The minimum atomic E-state index is 0.249. The van der Waals surface area contributed by atoms with Crippen LogP contribution in [0.2, 0.25) is 5.02 Å². The molecule has 0 aliphatic carbocycles. The number of benzene rings is 2. The third-order valence-electron chi connectivity index (χ3n) is 3.61. The van der Waals surface area contributed by atoms with Crippen LogP contribution in [0, 0.1) is 6.92 Å². The fraction of sp³-hybridized carbons (Fsp3) is 0.118. The molecule has 0 spiro atoms. The van der Waals surface area contributed by atoms with Crippen molar-refractivity contribution in [1.29, 1.82) is 0 Å². The van der Waals surface area contributed by atoms with E-state index in [9.17, 15) is 0 Å². The molecule has 0 saturated carbocycles. The molecule has 0 radical (unpaired) electrons. The second kappa shape index (κ2) is 6.45. The molecule has 0 bridgehead atoms. The SMILES string of the molecule is Cc1ccc(-c2noc(Cn3nnc(-c4ccc(Cl)cc4)n3)n2)cc1. The van der Waals surface area contributed by atoms with Gasteiger partial charge in [0.2, 0.25) is 11.6 Å². The Hall–Kier alpha value is -3.06. The normalized spacial score (nSPS) is 11.0. The Balaban J connectivity index is 1.51. The van der Waals surface area contributed by atoms with Crippen LogP contribution in [0.3, 0.4) is 0 Å². The Morgan fingerprint density at radius 2 is 1.64 bits per heavy atom. The summed E-state index contributed by atoms with van der Waals surface area (Å²) < 4.78 is 5.28. The van der Waals surface area contributed by atoms with E-state index in [-0.39, 0.29) is 6.54 Å². The van der Waals surface area contributed by atoms with E-state index in [4.69, 9.17) is 16.1 Å². The lowest BCUT2D eigenvalue weighted by Gasteiger charge is -1.95. The summed E-state index contributed by atoms with van der Waals surface area (Å²) in [6.07, 6.45) is 0. The molecule has 124 valence electrons. The minimum absolute atomic E-state index is 0.249. The van der Waals surface area contributed by atoms with Crippen molar-refractivity contribution in [1.82, 2.24) is 30.3 Å². The van der Waals surface area contributed by atoms with E-state index in [1.54, 1.807) is 12.1 Å². The number of nitrogens with zero attached hydrogens (tertiary/aromatic N) is 6. The zero-order valence-electron chi connectivity index (χ0n) is 13.3. The number of halogens is 1. The average Bonchev–Trinajstić information content (AvgIpc) is 3.27. The van der Waals surface area contributed by atoms with E-state index in [1.165, 1.54) is 10.4 Å². The largest absolute Gasteiger partial charge is 0.337 e. The van der Waals surface area contributed by atoms with Crippen LogP contribution in [-0.2, 0) is 6.54 Å². The van der Waals surface area contributed by atoms with Gasteiger partial charge in [0.05, 0.1) is 0 Å². The van der Waals surface area contributed by atoms with Gasteiger partial charge in [-0.05, 0) is 36.4 Å². The summed E-state index contributed by atoms with van der Waals surface area (Å²) in [5.74, 6) is 1.46. The van der Waals surface area contributed by atoms with E-state index < -0.39 is 0 Å². The second-order valence-electron chi connectivity index (χ2n) is 5.53. The standard InChI is InChI=1S/C17H13ClN6O/c1-11-2-4-12(5-3-11)16-19-15(25-22-16)10-24-21-17(20-23-24)13-6-8-14(18)9-7-13/h2-9H,10H2,1H3. The molecule has 0 fully saturated rings. The van der Waals surface area contributed by atoms with Crippen LogP contribution < -0.4 is 0 Å². The fourth-order valence-electron chi connectivity index (χ4n) is 2.28. The Labute approximate surface area is 148 Å². The fourth-order valence-corrected chi connectivity index (χ4v) is 2.41. The molecular formula is C17H13ClN6O. The van der Waals surface area contributed by atoms with Crippen LogP contribution in [-0.4, -0.2) is 30.3 Å². The number of hydrogen-bond acceptors (Lipinski definition) is 6. The van der Waals surface area contributed by atoms with Crippen molar-refractivity contribution in [2.24, 2.45) is 0 Å². The number of rotatable bonds is 4. The number of aryl methyl sites for hydroxylation is 1. The van der Waals surface area contributed by atoms with Crippen molar-refractivity contribution < 1.29 is 4.52 Å². The van der Waals surface area contributed by atoms with Gasteiger partial charge in [0.25, 0.3) is 5.89 Å². The molecular weight excluding hydrogens is 340 g/mol. The molecule has 25 heavy (non-hydrogen) atoms. The Morgan fingerprint density at radius 3 is 2.40 bits per heavy atom. The van der Waals surface area contributed by atoms with Gasteiger partial charge in [-0.3, -0.25) is 0 Å². The summed E-state index contributed by atoms with van der Waals surface area (Å²) in [7, 11) is 0. The molecule has 4 aromatic rings. The highest BCUT2D eigenvalue weighted by Gasteiger charge is 2.12. The molecule has 4 rings (SSSR count). The summed E-state index contributed by atoms with van der Waals surface area (Å²) in [4.78, 5) is 5.79. The van der Waals surface area contributed by atoms with Gasteiger partial charge in [-0.25, -0.2) is 0 Å². The first-order chi connectivity index (χ1) is 12.2. The summed E-state index contributed by atoms with van der Waals surface area (Å²) in [5.41, 5.74) is 2.91. The van der Waals surface area contributed by atoms with Crippen LogP contribution in [0.4, 0.5) is 0 Å². The van der Waals surface area contributed by atoms with Crippen molar-refractivity contribution in [2.75, 3.05) is 0 Å². The highest BCUT2D eigenvalue weighted by Crippen LogP contribution is 2.18. The maximum Gasteiger partial charge on any atom is 0.250 e. The van der Waals surface area contributed by atoms with Crippen LogP contribution in [0.15, 0.2) is 53.1 Å². The molecule has 2 heterocycles. The molecule has 2 aromatic heterocycles. The molecule has 0 N–H and O–H groups in total. The first-order valence-corrected chi connectivity index (χ1v) is 7.98. The Kier molecular flexibility index (Phi) is 3.99. The van der Waals surface area contributed by atoms with E-state index in [0.717, 1.165) is 11.1 Å². The summed E-state index contributed by atoms with van der Waals surface area (Å²) in [6, 6.07) is 15.2. The predicted octanol–water partition coefficient (Wildman–Crippen LogP) is 3.40. The van der Waals surface area contributed by atoms with Gasteiger partial charge >= 0.3 is 0 Å². The summed E-state index contributed by atoms with van der Waals surface area (Å²) >= 11 is 5.88. The highest BCUT2D eigenvalue weighted by atomic mass is 35.5. The molecule has 0 amide bonds. The molecule has 8 heteroatoms. The molecule has 0 atom stereocenters. The first kappa shape index (κ1) is 15.5. The Bertz CT molecular complexity index is 909. The molecule has 0 aliphatic heterocycles. The first-order valence-electron chi connectivity index (χ1n) is 7.61. The highest BCUT2D eigenvalue weighted by molar-refractivity contribution is 6.30. The van der Waals surface area contributed by atoms with Crippen molar-refractivity contribution in [3.05, 3.63) is 65.0 Å². The lowest BCUT2D eigenvalue weighted by Crippen LogP contribution is -2.04. The van der Waals surface area contributed by atoms with Gasteiger partial charge in [0, 0.05) is 16.1 Å². The average molecular weight is 353 g/mol. The zero-order valence-corrected chi connectivity index (χ0v) is 14.1. The molecule has 0 saturated heterocycles. The van der Waals surface area contributed by atoms with E-state index in [0.29, 0.717) is 22.6 Å². The quantitative estimate of drug-likeness (QED) is 0.559. The van der Waals surface area contributed by atoms with Gasteiger partial charge in [-0.2, -0.15) is 9.78 Å². The van der Waals surface area contributed by atoms with Gasteiger partial charge in [-0.1, -0.05) is 46.6 Å². The van der Waals surface area contributed by atoms with Gasteiger partial charge in [0.15, 0.2) is 0 Å². The third-order valence-corrected chi connectivity index (χ3v) is 3.86. The summed E-state index contributed by atoms with van der Waals surface area (Å²) in [5, 5.41) is 17.0. The van der Waals surface area contributed by atoms with Crippen molar-refractivity contribution in [3.63, 3.8) is 0 Å². The van der Waals surface area contributed by atoms with Crippen LogP contribution >= 0.6 is 11.6 Å². The minimum Gasteiger partial charge on any atom is -0.337 e. The number of hydrogen-bond donors (Lipinski definition) is 0. The third kappa shape index (κ3) is 3.41. The number of aromatic nitrogens is 6. The van der Waals surface area contributed by atoms with E-state index in [1.807, 2.05) is 43.3 Å². The van der Waals surface area contributed by atoms with E-state index >= 15 is 0 Å². The molecule has 0 unspecified atom stereocenters. The van der Waals surface area contributed by atoms with Crippen molar-refractivity contribution in [2.45, 2.75) is 13.5 Å². The lowest BCUT2D eigenvalue weighted by molar-refractivity contribution is 0.356. The van der Waals surface area contributed by atoms with Crippen molar-refractivity contribution >= 4 is 11.6 Å². The van der Waals surface area contributed by atoms with Crippen LogP contribution in [0.25, 0.3) is 22.8 Å². The van der Waals surface area contributed by atoms with Gasteiger partial charge in [0.1, 0.15) is 6.54 Å². The van der Waals surface area contributed by atoms with Crippen molar-refractivity contribution in [3.8, 4) is 22.8 Å². The van der Waals surface area contributed by atoms with Gasteiger partial charge < -0.3 is 4.52 Å². The Morgan fingerprint density at radius 1 is 0.960 bits per heavy atom. The maximum absolute atomic E-state index is 5.88. The zero-order chi connectivity index (χ0) is 17.2. The van der Waals surface area contributed by atoms with Crippen LogP contribution in [0.5, 0.6) is 0 Å². The smallest absolute Gasteiger partial charge is 0.250 e. The second-order valence-corrected chi connectivity index (χ2v) is 5.96. The van der Waals surface area contributed by atoms with Crippen LogP contribution in [0.1, 0.15) is 11.5 Å². The number of tetrazole rings is 1. The summed E-state index contributed by atoms with van der Waals surface area (Å²) in [6.45, 7) is 2.28. The monoisotopic (exact) mass is 352 g/mol. The predicted molar refractivity (Wildman–Crippen MR) is 91.8 cm³/mol. The van der Waals surface area contributed by atoms with Gasteiger partial charge in [-0.15, -0.1) is 10.2 Å². The lowest BCUT2D eigenvalue weighted by atomic mass is 10.1. The maximum atomic E-state index is 5.88. The molecule has 7 nitrogen and oxygen atoms in total. The molecule has 2 aromatic carbocycles.